The van der Waals surface area contributed by atoms with Gasteiger partial charge in [0.1, 0.15) is 0 Å². The first-order valence-electron chi connectivity index (χ1n) is 4.06. The van der Waals surface area contributed by atoms with Gasteiger partial charge in [0.05, 0.1) is 5.75 Å². The second-order valence-electron chi connectivity index (χ2n) is 2.63. The molecule has 0 bridgehead atoms. The van der Waals surface area contributed by atoms with Crippen LogP contribution in [-0.4, -0.2) is 34.1 Å². The van der Waals surface area contributed by atoms with E-state index in [0.717, 1.165) is 17.3 Å². The zero-order valence-corrected chi connectivity index (χ0v) is 11.4. The van der Waals surface area contributed by atoms with Gasteiger partial charge in [0.2, 0.25) is 0 Å². The third kappa shape index (κ3) is 4.75. The van der Waals surface area contributed by atoms with Crippen molar-refractivity contribution in [2.45, 2.75) is 20.8 Å². The molecule has 0 spiro atoms. The van der Waals surface area contributed by atoms with Crippen molar-refractivity contribution in [3.8, 4) is 0 Å². The summed E-state index contributed by atoms with van der Waals surface area (Å²) in [5.74, 6) is 2.91. The van der Waals surface area contributed by atoms with Gasteiger partial charge in [-0.1, -0.05) is 20.8 Å². The Hall–Kier alpha value is 0.820. The third-order valence-electron chi connectivity index (χ3n) is 2.27. The maximum Gasteiger partial charge on any atom is 1.00 e. The zero-order chi connectivity index (χ0) is 8.91. The van der Waals surface area contributed by atoms with E-state index in [4.69, 9.17) is 5.11 Å². The van der Waals surface area contributed by atoms with E-state index in [1.54, 1.807) is 0 Å². The van der Waals surface area contributed by atoms with Crippen LogP contribution in [0.1, 0.15) is 22.2 Å². The molecule has 0 fully saturated rings. The van der Waals surface area contributed by atoms with Crippen molar-refractivity contribution < 1.29 is 40.9 Å². The molecule has 0 heterocycles. The molecule has 70 valence electrons. The van der Waals surface area contributed by atoms with Crippen LogP contribution in [0.15, 0.2) is 0 Å². The molecule has 2 nitrogen and oxygen atoms in total. The molecule has 0 rings (SSSR count). The van der Waals surface area contributed by atoms with Crippen LogP contribution < -0.4 is 29.6 Å². The molecule has 0 saturated heterocycles. The Kier molecular flexibility index (Phi) is 9.24. The number of rotatable bonds is 5. The summed E-state index contributed by atoms with van der Waals surface area (Å²) >= 11 is 0. The quantitative estimate of drug-likeness (QED) is 0.584. The summed E-state index contributed by atoms with van der Waals surface area (Å²) in [6.45, 7) is 6.31. The smallest absolute Gasteiger partial charge is 1.00 e. The van der Waals surface area contributed by atoms with Crippen LogP contribution in [0, 0.1) is 0 Å². The van der Waals surface area contributed by atoms with Crippen LogP contribution in [0.4, 0.5) is 0 Å². The molecule has 12 heavy (non-hydrogen) atoms. The molecule has 1 N–H and O–H groups in total. The van der Waals surface area contributed by atoms with Crippen molar-refractivity contribution >= 4 is 16.0 Å². The molecule has 0 amide bonds. The SMILES string of the molecule is CCS(CC)(CC)CC(=O)O.[H-].[Na+]. The predicted molar refractivity (Wildman–Crippen MR) is 52.8 cm³/mol. The molecule has 0 saturated carbocycles. The number of carbonyl (C=O) groups is 1. The first kappa shape index (κ1) is 15.3. The topological polar surface area (TPSA) is 37.3 Å². The average Bonchev–Trinajstić information content (AvgIpc) is 2.00. The van der Waals surface area contributed by atoms with E-state index in [0.29, 0.717) is 5.75 Å². The van der Waals surface area contributed by atoms with Crippen LogP contribution in [0.25, 0.3) is 0 Å². The van der Waals surface area contributed by atoms with Crippen molar-refractivity contribution in [2.75, 3.05) is 23.0 Å². The Morgan fingerprint density at radius 2 is 1.58 bits per heavy atom. The fraction of sp³-hybridized carbons (Fsp3) is 0.875. The maximum absolute atomic E-state index is 10.5. The molecule has 0 atom stereocenters. The van der Waals surface area contributed by atoms with Gasteiger partial charge in [0.25, 0.3) is 0 Å². The second-order valence-corrected chi connectivity index (χ2v) is 7.10. The summed E-state index contributed by atoms with van der Waals surface area (Å²) in [6.07, 6.45) is 0. The van der Waals surface area contributed by atoms with Crippen LogP contribution in [0.5, 0.6) is 0 Å². The largest absolute Gasteiger partial charge is 1.00 e. The standard InChI is InChI=1S/C8H18O2S.Na.H/c1-4-11(5-2,6-3)7-8(9)10;;/h4-7H2,1-3H3,(H,9,10);;/q;+1;-1. The minimum Gasteiger partial charge on any atom is -1.00 e. The van der Waals surface area contributed by atoms with Crippen LogP contribution >= 0.6 is 10.0 Å². The minimum atomic E-state index is -0.809. The molecular formula is C8H19NaO2S. The van der Waals surface area contributed by atoms with E-state index < -0.39 is 16.0 Å². The molecule has 4 heteroatoms. The first-order valence-corrected chi connectivity index (χ1v) is 6.37. The second kappa shape index (κ2) is 7.25. The monoisotopic (exact) mass is 202 g/mol. The van der Waals surface area contributed by atoms with Crippen molar-refractivity contribution in [1.82, 2.24) is 0 Å². The average molecular weight is 202 g/mol. The Morgan fingerprint density at radius 3 is 1.67 bits per heavy atom. The fourth-order valence-corrected chi connectivity index (χ4v) is 3.54. The van der Waals surface area contributed by atoms with Gasteiger partial charge >= 0.3 is 35.5 Å². The Labute approximate surface area is 100 Å². The van der Waals surface area contributed by atoms with E-state index in [9.17, 15) is 4.79 Å². The summed E-state index contributed by atoms with van der Waals surface area (Å²) in [6, 6.07) is 0. The van der Waals surface area contributed by atoms with Gasteiger partial charge in [-0.15, -0.1) is 0 Å². The number of carboxylic acid groups (broad SMARTS) is 1. The summed E-state index contributed by atoms with van der Waals surface area (Å²) in [4.78, 5) is 10.5. The van der Waals surface area contributed by atoms with Gasteiger partial charge in [-0.05, 0) is 17.3 Å². The van der Waals surface area contributed by atoms with Gasteiger partial charge in [0.15, 0.2) is 0 Å². The molecule has 0 aliphatic carbocycles. The molecule has 0 aliphatic rings. The molecule has 0 aliphatic heterocycles. The van der Waals surface area contributed by atoms with E-state index >= 15 is 0 Å². The number of aliphatic carboxylic acids is 1. The van der Waals surface area contributed by atoms with Crippen molar-refractivity contribution in [1.29, 1.82) is 0 Å². The molecule has 0 aromatic rings. The Morgan fingerprint density at radius 1 is 1.25 bits per heavy atom. The van der Waals surface area contributed by atoms with Crippen LogP contribution in [0.2, 0.25) is 0 Å². The Balaban J connectivity index is -0.000000500. The predicted octanol–water partition coefficient (Wildman–Crippen LogP) is -0.948. The van der Waals surface area contributed by atoms with Gasteiger partial charge < -0.3 is 6.53 Å². The van der Waals surface area contributed by atoms with Crippen molar-refractivity contribution in [2.24, 2.45) is 0 Å². The summed E-state index contributed by atoms with van der Waals surface area (Å²) < 4.78 is 0. The maximum atomic E-state index is 10.5. The summed E-state index contributed by atoms with van der Waals surface area (Å²) in [5, 5.41) is 8.66. The van der Waals surface area contributed by atoms with Gasteiger partial charge in [-0.3, -0.25) is 4.79 Å². The molecule has 0 unspecified atom stereocenters. The Bertz CT molecular complexity index is 132. The van der Waals surface area contributed by atoms with E-state index in [-0.39, 0.29) is 31.0 Å². The fourth-order valence-electron chi connectivity index (χ4n) is 1.18. The van der Waals surface area contributed by atoms with E-state index in [1.807, 2.05) is 0 Å². The van der Waals surface area contributed by atoms with Gasteiger partial charge in [-0.25, -0.2) is 10.0 Å². The molecular weight excluding hydrogens is 183 g/mol. The van der Waals surface area contributed by atoms with Crippen molar-refractivity contribution in [3.63, 3.8) is 0 Å². The number of hydrogen-bond donors (Lipinski definition) is 1. The molecule has 0 radical (unpaired) electrons. The molecule has 0 aromatic carbocycles. The molecule has 0 aromatic heterocycles. The van der Waals surface area contributed by atoms with E-state index in [1.165, 1.54) is 0 Å². The number of hydrogen-bond acceptors (Lipinski definition) is 1. The number of carboxylic acids is 1. The normalized spacial score (nSPS) is 11.9. The van der Waals surface area contributed by atoms with Gasteiger partial charge in [0, 0.05) is 0 Å². The summed E-state index contributed by atoms with van der Waals surface area (Å²) in [7, 11) is -0.809. The zero-order valence-electron chi connectivity index (χ0n) is 9.59. The van der Waals surface area contributed by atoms with Gasteiger partial charge in [-0.2, -0.15) is 0 Å². The van der Waals surface area contributed by atoms with E-state index in [2.05, 4.69) is 20.8 Å². The summed E-state index contributed by atoms with van der Waals surface area (Å²) in [5.41, 5.74) is 0. The van der Waals surface area contributed by atoms with Crippen molar-refractivity contribution in [3.05, 3.63) is 0 Å². The third-order valence-corrected chi connectivity index (χ3v) is 6.80. The van der Waals surface area contributed by atoms with Crippen LogP contribution in [-0.2, 0) is 4.79 Å². The minimum absolute atomic E-state index is 0. The van der Waals surface area contributed by atoms with Crippen LogP contribution in [0.3, 0.4) is 0 Å². The first-order chi connectivity index (χ1) is 5.10.